The Balaban J connectivity index is 3.41. The van der Waals surface area contributed by atoms with Crippen LogP contribution in [0.15, 0.2) is 0 Å². The van der Waals surface area contributed by atoms with E-state index < -0.39 is 12.0 Å². The summed E-state index contributed by atoms with van der Waals surface area (Å²) >= 11 is 0. The Morgan fingerprint density at radius 2 is 1.94 bits per heavy atom. The van der Waals surface area contributed by atoms with E-state index in [1.165, 1.54) is 0 Å². The number of aliphatic carboxylic acids is 1. The molecule has 1 unspecified atom stereocenters. The monoisotopic (exact) mass is 244 g/mol. The molecule has 0 saturated carbocycles. The Bertz CT molecular complexity index is 232. The molecular weight excluding hydrogens is 220 g/mol. The minimum atomic E-state index is -0.768. The summed E-state index contributed by atoms with van der Waals surface area (Å²) in [6, 6.07) is -0.408. The number of carboxylic acid groups (broad SMARTS) is 1. The Morgan fingerprint density at radius 1 is 1.24 bits per heavy atom. The van der Waals surface area contributed by atoms with Crippen LogP contribution in [0.4, 0.5) is 0 Å². The van der Waals surface area contributed by atoms with E-state index in [0.717, 1.165) is 32.1 Å². The van der Waals surface area contributed by atoms with Crippen molar-refractivity contribution in [3.63, 3.8) is 0 Å². The minimum absolute atomic E-state index is 0.100. The molecule has 0 aromatic rings. The Hall–Kier alpha value is -1.10. The predicted molar refractivity (Wildman–Crippen MR) is 66.6 cm³/mol. The van der Waals surface area contributed by atoms with Crippen LogP contribution < -0.4 is 11.1 Å². The molecule has 0 bridgehead atoms. The lowest BCUT2D eigenvalue weighted by Crippen LogP contribution is -2.40. The highest BCUT2D eigenvalue weighted by Gasteiger charge is 2.11. The van der Waals surface area contributed by atoms with Gasteiger partial charge in [-0.3, -0.25) is 9.59 Å². The standard InChI is InChI=1S/C12H24N2O3/c1-2-3-7-10(13)12(17)14-9-6-4-5-8-11(15)16/h10H,2-9,13H2,1H3,(H,14,17)(H,15,16). The number of carboxylic acids is 1. The van der Waals surface area contributed by atoms with Crippen LogP contribution in [0.25, 0.3) is 0 Å². The number of hydrogen-bond acceptors (Lipinski definition) is 3. The van der Waals surface area contributed by atoms with Gasteiger partial charge in [0, 0.05) is 13.0 Å². The fourth-order valence-electron chi connectivity index (χ4n) is 1.48. The van der Waals surface area contributed by atoms with Gasteiger partial charge in [-0.25, -0.2) is 0 Å². The van der Waals surface area contributed by atoms with Crippen molar-refractivity contribution in [3.05, 3.63) is 0 Å². The number of nitrogens with two attached hydrogens (primary N) is 1. The van der Waals surface area contributed by atoms with Crippen molar-refractivity contribution in [2.75, 3.05) is 6.54 Å². The molecule has 17 heavy (non-hydrogen) atoms. The van der Waals surface area contributed by atoms with E-state index in [1.807, 2.05) is 0 Å². The van der Waals surface area contributed by atoms with Crippen LogP contribution in [0.5, 0.6) is 0 Å². The third-order valence-corrected chi connectivity index (χ3v) is 2.57. The Labute approximate surface area is 103 Å². The van der Waals surface area contributed by atoms with Gasteiger partial charge in [-0.15, -0.1) is 0 Å². The maximum Gasteiger partial charge on any atom is 0.303 e. The summed E-state index contributed by atoms with van der Waals surface area (Å²) in [5.74, 6) is -0.868. The molecule has 0 aliphatic carbocycles. The quantitative estimate of drug-likeness (QED) is 0.504. The van der Waals surface area contributed by atoms with Gasteiger partial charge in [-0.1, -0.05) is 26.2 Å². The van der Waals surface area contributed by atoms with Gasteiger partial charge in [-0.05, 0) is 19.3 Å². The topological polar surface area (TPSA) is 92.4 Å². The zero-order chi connectivity index (χ0) is 13.1. The maximum atomic E-state index is 11.5. The number of rotatable bonds is 10. The second-order valence-electron chi connectivity index (χ2n) is 4.24. The zero-order valence-corrected chi connectivity index (χ0v) is 10.6. The van der Waals surface area contributed by atoms with E-state index in [9.17, 15) is 9.59 Å². The van der Waals surface area contributed by atoms with E-state index in [-0.39, 0.29) is 12.3 Å². The molecule has 0 aromatic carbocycles. The molecule has 0 aromatic heterocycles. The van der Waals surface area contributed by atoms with Gasteiger partial charge in [0.15, 0.2) is 0 Å². The summed E-state index contributed by atoms with van der Waals surface area (Å²) in [6.45, 7) is 2.64. The summed E-state index contributed by atoms with van der Waals surface area (Å²) in [6.07, 6.45) is 5.21. The molecule has 5 heteroatoms. The van der Waals surface area contributed by atoms with Crippen molar-refractivity contribution in [1.29, 1.82) is 0 Å². The second-order valence-corrected chi connectivity index (χ2v) is 4.24. The first-order chi connectivity index (χ1) is 8.07. The molecule has 1 amide bonds. The van der Waals surface area contributed by atoms with E-state index in [0.29, 0.717) is 13.0 Å². The molecule has 0 aliphatic rings. The predicted octanol–water partition coefficient (Wildman–Crippen LogP) is 1.27. The number of carbonyl (C=O) groups is 2. The molecule has 0 saturated heterocycles. The molecule has 0 radical (unpaired) electrons. The summed E-state index contributed by atoms with van der Waals surface area (Å²) in [5, 5.41) is 11.2. The van der Waals surface area contributed by atoms with Crippen molar-refractivity contribution in [1.82, 2.24) is 5.32 Å². The van der Waals surface area contributed by atoms with Crippen LogP contribution >= 0.6 is 0 Å². The van der Waals surface area contributed by atoms with Crippen LogP contribution in [0, 0.1) is 0 Å². The fourth-order valence-corrected chi connectivity index (χ4v) is 1.48. The molecular formula is C12H24N2O3. The normalized spacial score (nSPS) is 12.1. The molecule has 100 valence electrons. The lowest BCUT2D eigenvalue weighted by atomic mass is 10.1. The highest BCUT2D eigenvalue weighted by molar-refractivity contribution is 5.81. The van der Waals surface area contributed by atoms with Crippen LogP contribution in [0.3, 0.4) is 0 Å². The van der Waals surface area contributed by atoms with E-state index in [4.69, 9.17) is 10.8 Å². The van der Waals surface area contributed by atoms with Crippen LogP contribution in [0.1, 0.15) is 51.9 Å². The number of unbranched alkanes of at least 4 members (excludes halogenated alkanes) is 3. The van der Waals surface area contributed by atoms with Gasteiger partial charge in [-0.2, -0.15) is 0 Å². The minimum Gasteiger partial charge on any atom is -0.481 e. The molecule has 0 heterocycles. The smallest absolute Gasteiger partial charge is 0.303 e. The van der Waals surface area contributed by atoms with Crippen molar-refractivity contribution in [3.8, 4) is 0 Å². The van der Waals surface area contributed by atoms with Crippen molar-refractivity contribution in [2.45, 2.75) is 57.9 Å². The number of hydrogen-bond donors (Lipinski definition) is 3. The Kier molecular flexibility index (Phi) is 9.43. The number of carbonyl (C=O) groups excluding carboxylic acids is 1. The van der Waals surface area contributed by atoms with Crippen molar-refractivity contribution < 1.29 is 14.7 Å². The molecule has 0 fully saturated rings. The van der Waals surface area contributed by atoms with E-state index >= 15 is 0 Å². The van der Waals surface area contributed by atoms with Gasteiger partial charge < -0.3 is 16.2 Å². The maximum absolute atomic E-state index is 11.5. The first kappa shape index (κ1) is 15.9. The van der Waals surface area contributed by atoms with Gasteiger partial charge in [0.25, 0.3) is 0 Å². The molecule has 5 nitrogen and oxygen atoms in total. The van der Waals surface area contributed by atoms with E-state index in [1.54, 1.807) is 0 Å². The Morgan fingerprint density at radius 3 is 2.53 bits per heavy atom. The van der Waals surface area contributed by atoms with Crippen molar-refractivity contribution >= 4 is 11.9 Å². The van der Waals surface area contributed by atoms with E-state index in [2.05, 4.69) is 12.2 Å². The molecule has 4 N–H and O–H groups in total. The average molecular weight is 244 g/mol. The number of nitrogens with one attached hydrogen (secondary N) is 1. The number of amides is 1. The van der Waals surface area contributed by atoms with Crippen molar-refractivity contribution in [2.24, 2.45) is 5.73 Å². The van der Waals surface area contributed by atoms with Gasteiger partial charge in [0.2, 0.25) is 5.91 Å². The average Bonchev–Trinajstić information content (AvgIpc) is 2.29. The molecule has 0 rings (SSSR count). The highest BCUT2D eigenvalue weighted by Crippen LogP contribution is 2.00. The van der Waals surface area contributed by atoms with Gasteiger partial charge in [0.05, 0.1) is 6.04 Å². The third-order valence-electron chi connectivity index (χ3n) is 2.57. The van der Waals surface area contributed by atoms with Gasteiger partial charge in [0.1, 0.15) is 0 Å². The summed E-state index contributed by atoms with van der Waals surface area (Å²) in [5.41, 5.74) is 5.69. The second kappa shape index (κ2) is 10.1. The molecule has 1 atom stereocenters. The molecule has 0 aliphatic heterocycles. The first-order valence-electron chi connectivity index (χ1n) is 6.33. The summed E-state index contributed by atoms with van der Waals surface area (Å²) < 4.78 is 0. The molecule has 0 spiro atoms. The fraction of sp³-hybridized carbons (Fsp3) is 0.833. The lowest BCUT2D eigenvalue weighted by molar-refractivity contribution is -0.137. The van der Waals surface area contributed by atoms with Gasteiger partial charge >= 0.3 is 5.97 Å². The van der Waals surface area contributed by atoms with Crippen LogP contribution in [-0.2, 0) is 9.59 Å². The SMILES string of the molecule is CCCCC(N)C(=O)NCCCCCC(=O)O. The summed E-state index contributed by atoms with van der Waals surface area (Å²) in [4.78, 5) is 21.7. The van der Waals surface area contributed by atoms with Crippen LogP contribution in [-0.4, -0.2) is 29.6 Å². The largest absolute Gasteiger partial charge is 0.481 e. The zero-order valence-electron chi connectivity index (χ0n) is 10.6. The summed E-state index contributed by atoms with van der Waals surface area (Å²) in [7, 11) is 0. The third kappa shape index (κ3) is 9.81. The van der Waals surface area contributed by atoms with Crippen LogP contribution in [0.2, 0.25) is 0 Å². The first-order valence-corrected chi connectivity index (χ1v) is 6.33. The highest BCUT2D eigenvalue weighted by atomic mass is 16.4. The lowest BCUT2D eigenvalue weighted by Gasteiger charge is -2.11.